The quantitative estimate of drug-likeness (QED) is 0.649. The molecule has 0 aliphatic heterocycles. The summed E-state index contributed by atoms with van der Waals surface area (Å²) in [6, 6.07) is 14.1. The lowest BCUT2D eigenvalue weighted by atomic mass is 10.2. The van der Waals surface area contributed by atoms with Crippen molar-refractivity contribution in [1.82, 2.24) is 5.32 Å². The molecule has 2 aromatic rings. The zero-order valence-corrected chi connectivity index (χ0v) is 17.1. The van der Waals surface area contributed by atoms with Crippen molar-refractivity contribution in [3.63, 3.8) is 0 Å². The monoisotopic (exact) mass is 407 g/mol. The molecule has 0 heterocycles. The van der Waals surface area contributed by atoms with Gasteiger partial charge in [0.1, 0.15) is 11.9 Å². The number of carbonyl (C=O) groups excluding carboxylic acids is 1. The third-order valence-electron chi connectivity index (χ3n) is 4.32. The van der Waals surface area contributed by atoms with Crippen LogP contribution in [-0.4, -0.2) is 46.8 Å². The zero-order chi connectivity index (χ0) is 20.7. The van der Waals surface area contributed by atoms with Crippen LogP contribution in [0.3, 0.4) is 0 Å². The van der Waals surface area contributed by atoms with Gasteiger partial charge >= 0.3 is 0 Å². The highest BCUT2D eigenvalue weighted by molar-refractivity contribution is 7.92. The molecule has 0 saturated heterocycles. The second kappa shape index (κ2) is 9.54. The molecule has 0 fully saturated rings. The minimum atomic E-state index is -3.76. The molecule has 0 radical (unpaired) electrons. The van der Waals surface area contributed by atoms with Crippen LogP contribution in [0.2, 0.25) is 0 Å². The van der Waals surface area contributed by atoms with Gasteiger partial charge in [-0.25, -0.2) is 12.8 Å². The van der Waals surface area contributed by atoms with Gasteiger partial charge in [0, 0.05) is 25.8 Å². The average Bonchev–Trinajstić information content (AvgIpc) is 2.64. The van der Waals surface area contributed by atoms with Crippen molar-refractivity contribution in [3.8, 4) is 0 Å². The summed E-state index contributed by atoms with van der Waals surface area (Å²) in [4.78, 5) is 14.6. The second-order valence-electron chi connectivity index (χ2n) is 6.62. The van der Waals surface area contributed by atoms with E-state index in [1.165, 1.54) is 25.1 Å². The molecule has 0 aromatic heterocycles. The van der Waals surface area contributed by atoms with Crippen LogP contribution < -0.4 is 14.5 Å². The lowest BCUT2D eigenvalue weighted by Gasteiger charge is -2.28. The van der Waals surface area contributed by atoms with Crippen molar-refractivity contribution in [2.24, 2.45) is 0 Å². The number of nitrogens with one attached hydrogen (secondary N) is 1. The van der Waals surface area contributed by atoms with E-state index in [0.29, 0.717) is 13.0 Å². The highest BCUT2D eigenvalue weighted by Crippen LogP contribution is 2.21. The number of hydrogen-bond donors (Lipinski definition) is 1. The molecule has 0 aliphatic carbocycles. The fraction of sp³-hybridized carbons (Fsp3) is 0.350. The highest BCUT2D eigenvalue weighted by Gasteiger charge is 2.29. The molecule has 6 nitrogen and oxygen atoms in total. The molecule has 0 aliphatic rings. The van der Waals surface area contributed by atoms with Gasteiger partial charge in [0.2, 0.25) is 15.9 Å². The van der Waals surface area contributed by atoms with Crippen molar-refractivity contribution in [1.29, 1.82) is 0 Å². The van der Waals surface area contributed by atoms with Gasteiger partial charge in [0.15, 0.2) is 0 Å². The first-order chi connectivity index (χ1) is 13.2. The third kappa shape index (κ3) is 5.95. The van der Waals surface area contributed by atoms with Gasteiger partial charge in [-0.3, -0.25) is 9.10 Å². The number of nitrogens with zero attached hydrogens (tertiary/aromatic N) is 2. The lowest BCUT2D eigenvalue weighted by molar-refractivity contribution is -0.121. The maximum absolute atomic E-state index is 13.5. The largest absolute Gasteiger partial charge is 0.375 e. The molecule has 2 rings (SSSR count). The molecule has 28 heavy (non-hydrogen) atoms. The smallest absolute Gasteiger partial charge is 0.243 e. The van der Waals surface area contributed by atoms with E-state index in [9.17, 15) is 17.6 Å². The number of halogens is 1. The number of benzene rings is 2. The molecule has 2 aromatic carbocycles. The molecule has 1 amide bonds. The highest BCUT2D eigenvalue weighted by atomic mass is 32.2. The molecule has 0 bridgehead atoms. The summed E-state index contributed by atoms with van der Waals surface area (Å²) in [6.07, 6.45) is 1.69. The topological polar surface area (TPSA) is 69.7 Å². The van der Waals surface area contributed by atoms with E-state index in [1.807, 2.05) is 37.4 Å². The third-order valence-corrected chi connectivity index (χ3v) is 5.56. The average molecular weight is 408 g/mol. The van der Waals surface area contributed by atoms with E-state index < -0.39 is 27.8 Å². The number of amides is 1. The normalized spacial score (nSPS) is 12.3. The molecule has 1 N–H and O–H groups in total. The summed E-state index contributed by atoms with van der Waals surface area (Å²) in [5.74, 6) is -1.00. The number of sulfonamides is 1. The summed E-state index contributed by atoms with van der Waals surface area (Å²) >= 11 is 0. The van der Waals surface area contributed by atoms with Crippen molar-refractivity contribution in [2.45, 2.75) is 19.4 Å². The van der Waals surface area contributed by atoms with Crippen LogP contribution in [-0.2, 0) is 14.8 Å². The Hall–Kier alpha value is -2.61. The van der Waals surface area contributed by atoms with E-state index in [-0.39, 0.29) is 5.69 Å². The summed E-state index contributed by atoms with van der Waals surface area (Å²) in [5, 5.41) is 2.76. The Morgan fingerprint density at radius 2 is 1.75 bits per heavy atom. The fourth-order valence-electron chi connectivity index (χ4n) is 2.91. The van der Waals surface area contributed by atoms with Gasteiger partial charge in [-0.2, -0.15) is 0 Å². The number of anilines is 2. The number of rotatable bonds is 9. The Morgan fingerprint density at radius 3 is 2.36 bits per heavy atom. The molecule has 1 atom stereocenters. The van der Waals surface area contributed by atoms with Crippen molar-refractivity contribution in [3.05, 3.63) is 60.4 Å². The maximum Gasteiger partial charge on any atom is 0.243 e. The predicted molar refractivity (Wildman–Crippen MR) is 111 cm³/mol. The first-order valence-electron chi connectivity index (χ1n) is 8.99. The van der Waals surface area contributed by atoms with Gasteiger partial charge in [0.25, 0.3) is 0 Å². The van der Waals surface area contributed by atoms with E-state index in [1.54, 1.807) is 0 Å². The van der Waals surface area contributed by atoms with E-state index in [0.717, 1.165) is 28.9 Å². The predicted octanol–water partition coefficient (Wildman–Crippen LogP) is 2.62. The summed E-state index contributed by atoms with van der Waals surface area (Å²) in [6.45, 7) is 2.62. The lowest BCUT2D eigenvalue weighted by Crippen LogP contribution is -2.48. The van der Waals surface area contributed by atoms with E-state index >= 15 is 0 Å². The Morgan fingerprint density at radius 1 is 1.11 bits per heavy atom. The first-order valence-corrected chi connectivity index (χ1v) is 10.8. The van der Waals surface area contributed by atoms with Crippen molar-refractivity contribution in [2.75, 3.05) is 35.6 Å². The zero-order valence-electron chi connectivity index (χ0n) is 16.3. The van der Waals surface area contributed by atoms with Gasteiger partial charge in [-0.05, 0) is 43.7 Å². The molecular formula is C20H26FN3O3S. The molecule has 8 heteroatoms. The Labute approximate surface area is 166 Å². The second-order valence-corrected chi connectivity index (χ2v) is 8.48. The van der Waals surface area contributed by atoms with Crippen molar-refractivity contribution >= 4 is 27.3 Å². The van der Waals surface area contributed by atoms with Gasteiger partial charge < -0.3 is 10.2 Å². The Balaban J connectivity index is 1.94. The van der Waals surface area contributed by atoms with E-state index in [4.69, 9.17) is 0 Å². The summed E-state index contributed by atoms with van der Waals surface area (Å²) in [7, 11) is -1.79. The van der Waals surface area contributed by atoms with Crippen LogP contribution >= 0.6 is 0 Å². The molecule has 0 unspecified atom stereocenters. The van der Waals surface area contributed by atoms with Crippen LogP contribution in [0.25, 0.3) is 0 Å². The van der Waals surface area contributed by atoms with Gasteiger partial charge in [-0.1, -0.05) is 24.3 Å². The number of hydrogen-bond acceptors (Lipinski definition) is 4. The van der Waals surface area contributed by atoms with Crippen molar-refractivity contribution < 1.29 is 17.6 Å². The molecule has 152 valence electrons. The fourth-order valence-corrected chi connectivity index (χ4v) is 4.08. The number of carbonyl (C=O) groups is 1. The maximum atomic E-state index is 13.5. The standard InChI is InChI=1S/C20H26FN3O3S/c1-16(24(28(3,26)27)19-12-7-9-17(21)15-19)20(25)22-13-8-14-23(2)18-10-5-4-6-11-18/h4-7,9-12,15-16H,8,13-14H2,1-3H3,(H,22,25)/t16-/m1/s1. The summed E-state index contributed by atoms with van der Waals surface area (Å²) in [5.41, 5.74) is 1.20. The summed E-state index contributed by atoms with van der Waals surface area (Å²) < 4.78 is 38.8. The Kier molecular flexibility index (Phi) is 7.39. The van der Waals surface area contributed by atoms with Crippen LogP contribution in [0, 0.1) is 5.82 Å². The van der Waals surface area contributed by atoms with Crippen LogP contribution in [0.4, 0.5) is 15.8 Å². The van der Waals surface area contributed by atoms with Crippen LogP contribution in [0.15, 0.2) is 54.6 Å². The van der Waals surface area contributed by atoms with Crippen LogP contribution in [0.5, 0.6) is 0 Å². The Bertz CT molecular complexity index is 891. The van der Waals surface area contributed by atoms with E-state index in [2.05, 4.69) is 10.2 Å². The SMILES string of the molecule is C[C@H](C(=O)NCCCN(C)c1ccccc1)N(c1cccc(F)c1)S(C)(=O)=O. The molecular weight excluding hydrogens is 381 g/mol. The minimum absolute atomic E-state index is 0.119. The minimum Gasteiger partial charge on any atom is -0.375 e. The van der Waals surface area contributed by atoms with Crippen LogP contribution in [0.1, 0.15) is 13.3 Å². The number of para-hydroxylation sites is 1. The molecule has 0 saturated carbocycles. The first kappa shape index (κ1) is 21.7. The molecule has 0 spiro atoms. The van der Waals surface area contributed by atoms with Gasteiger partial charge in [-0.15, -0.1) is 0 Å². The van der Waals surface area contributed by atoms with Gasteiger partial charge in [0.05, 0.1) is 11.9 Å².